The number of nitrogens with one attached hydrogen (secondary N) is 1. The van der Waals surface area contributed by atoms with E-state index in [-0.39, 0.29) is 18.4 Å². The quantitative estimate of drug-likeness (QED) is 0.735. The zero-order valence-electron chi connectivity index (χ0n) is 16.1. The Morgan fingerprint density at radius 2 is 1.69 bits per heavy atom. The molecule has 6 nitrogen and oxygen atoms in total. The second kappa shape index (κ2) is 8.50. The molecule has 1 aromatic rings. The summed E-state index contributed by atoms with van der Waals surface area (Å²) in [4.78, 5) is 12.6. The molecule has 1 aliphatic rings. The van der Waals surface area contributed by atoms with E-state index in [9.17, 15) is 13.2 Å². The molecule has 0 unspecified atom stereocenters. The Kier molecular flexibility index (Phi) is 6.82. The fourth-order valence-electron chi connectivity index (χ4n) is 3.49. The Bertz CT molecular complexity index is 740. The summed E-state index contributed by atoms with van der Waals surface area (Å²) >= 11 is 0. The number of hydrogen-bond acceptors (Lipinski definition) is 4. The van der Waals surface area contributed by atoms with Crippen molar-refractivity contribution in [1.82, 2.24) is 9.62 Å². The van der Waals surface area contributed by atoms with Gasteiger partial charge in [0.1, 0.15) is 0 Å². The van der Waals surface area contributed by atoms with Gasteiger partial charge in [-0.05, 0) is 69.2 Å². The molecule has 0 aromatic heterocycles. The van der Waals surface area contributed by atoms with E-state index < -0.39 is 10.0 Å². The van der Waals surface area contributed by atoms with Crippen LogP contribution >= 0.6 is 0 Å². The lowest BCUT2D eigenvalue weighted by molar-refractivity contribution is -0.126. The summed E-state index contributed by atoms with van der Waals surface area (Å²) in [6.45, 7) is 8.79. The third-order valence-electron chi connectivity index (χ3n) is 5.35. The predicted molar refractivity (Wildman–Crippen MR) is 102 cm³/mol. The van der Waals surface area contributed by atoms with E-state index in [2.05, 4.69) is 5.32 Å². The van der Waals surface area contributed by atoms with Crippen LogP contribution in [0.25, 0.3) is 0 Å². The van der Waals surface area contributed by atoms with Gasteiger partial charge in [-0.1, -0.05) is 6.07 Å². The van der Waals surface area contributed by atoms with E-state index in [1.54, 1.807) is 0 Å². The van der Waals surface area contributed by atoms with Crippen LogP contribution in [0.3, 0.4) is 0 Å². The Labute approximate surface area is 156 Å². The van der Waals surface area contributed by atoms with Gasteiger partial charge in [0.15, 0.2) is 0 Å². The SMILES string of the molecule is Cc1cc(C)c(C)c(S(=O)(=O)N2CCC(C(=O)NCCCO)CC2)c1C. The van der Waals surface area contributed by atoms with Gasteiger partial charge < -0.3 is 10.4 Å². The monoisotopic (exact) mass is 382 g/mol. The zero-order chi connectivity index (χ0) is 19.5. The van der Waals surface area contributed by atoms with Crippen LogP contribution in [0, 0.1) is 33.6 Å². The summed E-state index contributed by atoms with van der Waals surface area (Å²) in [5.41, 5.74) is 3.56. The molecule has 0 bridgehead atoms. The van der Waals surface area contributed by atoms with Crippen LogP contribution in [0.2, 0.25) is 0 Å². The lowest BCUT2D eigenvalue weighted by Crippen LogP contribution is -2.43. The predicted octanol–water partition coefficient (Wildman–Crippen LogP) is 1.82. The molecule has 1 heterocycles. The largest absolute Gasteiger partial charge is 0.396 e. The van der Waals surface area contributed by atoms with E-state index in [1.165, 1.54) is 4.31 Å². The summed E-state index contributed by atoms with van der Waals surface area (Å²) in [6, 6.07) is 2.02. The normalized spacial score (nSPS) is 16.7. The molecular weight excluding hydrogens is 352 g/mol. The summed E-state index contributed by atoms with van der Waals surface area (Å²) in [5, 5.41) is 11.6. The number of carbonyl (C=O) groups is 1. The fraction of sp³-hybridized carbons (Fsp3) is 0.632. The second-order valence-electron chi connectivity index (χ2n) is 7.14. The van der Waals surface area contributed by atoms with E-state index >= 15 is 0 Å². The van der Waals surface area contributed by atoms with Crippen LogP contribution < -0.4 is 5.32 Å². The number of carbonyl (C=O) groups excluding carboxylic acids is 1. The van der Waals surface area contributed by atoms with Gasteiger partial charge in [0.05, 0.1) is 4.90 Å². The molecule has 26 heavy (non-hydrogen) atoms. The molecule has 1 fully saturated rings. The van der Waals surface area contributed by atoms with E-state index in [1.807, 2.05) is 33.8 Å². The molecule has 0 saturated carbocycles. The zero-order valence-corrected chi connectivity index (χ0v) is 16.9. The Balaban J connectivity index is 2.13. The maximum Gasteiger partial charge on any atom is 0.243 e. The van der Waals surface area contributed by atoms with Gasteiger partial charge in [0.25, 0.3) is 0 Å². The van der Waals surface area contributed by atoms with Crippen LogP contribution in [0.1, 0.15) is 41.5 Å². The average molecular weight is 383 g/mol. The number of sulfonamides is 1. The molecule has 1 saturated heterocycles. The van der Waals surface area contributed by atoms with E-state index in [0.29, 0.717) is 43.8 Å². The highest BCUT2D eigenvalue weighted by Gasteiger charge is 2.34. The minimum Gasteiger partial charge on any atom is -0.396 e. The molecule has 146 valence electrons. The van der Waals surface area contributed by atoms with Crippen molar-refractivity contribution in [2.24, 2.45) is 5.92 Å². The van der Waals surface area contributed by atoms with Crippen molar-refractivity contribution in [1.29, 1.82) is 0 Å². The van der Waals surface area contributed by atoms with Gasteiger partial charge in [-0.15, -0.1) is 0 Å². The van der Waals surface area contributed by atoms with E-state index in [4.69, 9.17) is 5.11 Å². The summed E-state index contributed by atoms with van der Waals surface area (Å²) in [6.07, 6.45) is 1.57. The first-order valence-electron chi connectivity index (χ1n) is 9.16. The second-order valence-corrected chi connectivity index (χ2v) is 9.01. The third-order valence-corrected chi connectivity index (χ3v) is 7.53. The van der Waals surface area contributed by atoms with Crippen LogP contribution in [-0.2, 0) is 14.8 Å². The fourth-order valence-corrected chi connectivity index (χ4v) is 5.54. The van der Waals surface area contributed by atoms with Crippen molar-refractivity contribution >= 4 is 15.9 Å². The van der Waals surface area contributed by atoms with Gasteiger partial charge in [0, 0.05) is 32.2 Å². The number of benzene rings is 1. The van der Waals surface area contributed by atoms with Crippen LogP contribution in [-0.4, -0.2) is 50.0 Å². The van der Waals surface area contributed by atoms with Crippen LogP contribution in [0.4, 0.5) is 0 Å². The maximum absolute atomic E-state index is 13.2. The first kappa shape index (κ1) is 20.9. The molecular formula is C19H30N2O4S. The Morgan fingerprint density at radius 3 is 2.19 bits per heavy atom. The van der Waals surface area contributed by atoms with Crippen molar-refractivity contribution < 1.29 is 18.3 Å². The minimum absolute atomic E-state index is 0.0470. The first-order chi connectivity index (χ1) is 12.2. The number of piperidine rings is 1. The lowest BCUT2D eigenvalue weighted by atomic mass is 9.97. The molecule has 0 atom stereocenters. The van der Waals surface area contributed by atoms with Gasteiger partial charge in [0.2, 0.25) is 15.9 Å². The van der Waals surface area contributed by atoms with Crippen LogP contribution in [0.5, 0.6) is 0 Å². The number of rotatable bonds is 6. The average Bonchev–Trinajstić information content (AvgIpc) is 2.60. The van der Waals surface area contributed by atoms with Crippen molar-refractivity contribution in [2.45, 2.75) is 51.9 Å². The Hall–Kier alpha value is -1.44. The molecule has 1 aliphatic heterocycles. The van der Waals surface area contributed by atoms with Gasteiger partial charge in [-0.2, -0.15) is 4.31 Å². The molecule has 1 aromatic carbocycles. The summed E-state index contributed by atoms with van der Waals surface area (Å²) < 4.78 is 27.9. The van der Waals surface area contributed by atoms with Crippen molar-refractivity contribution in [3.63, 3.8) is 0 Å². The van der Waals surface area contributed by atoms with Crippen molar-refractivity contribution in [3.05, 3.63) is 28.3 Å². The smallest absolute Gasteiger partial charge is 0.243 e. The Morgan fingerprint density at radius 1 is 1.15 bits per heavy atom. The molecule has 0 radical (unpaired) electrons. The first-order valence-corrected chi connectivity index (χ1v) is 10.6. The number of aryl methyl sites for hydroxylation is 2. The number of aliphatic hydroxyl groups is 1. The molecule has 2 rings (SSSR count). The molecule has 0 spiro atoms. The van der Waals surface area contributed by atoms with Gasteiger partial charge in [-0.25, -0.2) is 8.42 Å². The molecule has 0 aliphatic carbocycles. The van der Waals surface area contributed by atoms with E-state index in [0.717, 1.165) is 22.3 Å². The third kappa shape index (κ3) is 4.27. The lowest BCUT2D eigenvalue weighted by Gasteiger charge is -2.31. The highest BCUT2D eigenvalue weighted by atomic mass is 32.2. The number of amides is 1. The molecule has 7 heteroatoms. The van der Waals surface area contributed by atoms with Gasteiger partial charge >= 0.3 is 0 Å². The van der Waals surface area contributed by atoms with Crippen molar-refractivity contribution in [2.75, 3.05) is 26.2 Å². The maximum atomic E-state index is 13.2. The summed E-state index contributed by atoms with van der Waals surface area (Å²) in [5.74, 6) is -0.212. The van der Waals surface area contributed by atoms with Crippen molar-refractivity contribution in [3.8, 4) is 0 Å². The minimum atomic E-state index is -3.57. The molecule has 1 amide bonds. The standard InChI is InChI=1S/C19H30N2O4S/c1-13-12-14(2)16(4)18(15(13)3)26(24,25)21-9-6-17(7-10-21)19(23)20-8-5-11-22/h12,17,22H,5-11H2,1-4H3,(H,20,23). The number of nitrogens with zero attached hydrogens (tertiary/aromatic N) is 1. The topological polar surface area (TPSA) is 86.7 Å². The molecule has 2 N–H and O–H groups in total. The highest BCUT2D eigenvalue weighted by molar-refractivity contribution is 7.89. The summed E-state index contributed by atoms with van der Waals surface area (Å²) in [7, 11) is -3.57. The van der Waals surface area contributed by atoms with Gasteiger partial charge in [-0.3, -0.25) is 4.79 Å². The highest BCUT2D eigenvalue weighted by Crippen LogP contribution is 2.31. The number of aliphatic hydroxyl groups excluding tert-OH is 1. The van der Waals surface area contributed by atoms with Crippen LogP contribution in [0.15, 0.2) is 11.0 Å². The number of hydrogen-bond donors (Lipinski definition) is 2.